The van der Waals surface area contributed by atoms with E-state index in [-0.39, 0.29) is 0 Å². The third kappa shape index (κ3) is 2.60. The van der Waals surface area contributed by atoms with Crippen molar-refractivity contribution in [2.24, 2.45) is 0 Å². The molecule has 4 rings (SSSR count). The summed E-state index contributed by atoms with van der Waals surface area (Å²) in [6.45, 7) is 4.13. The number of nitrogens with zero attached hydrogens (tertiary/aromatic N) is 3. The van der Waals surface area contributed by atoms with Crippen molar-refractivity contribution in [3.8, 4) is 6.07 Å². The number of benzene rings is 2. The van der Waals surface area contributed by atoms with Crippen LogP contribution in [0.2, 0.25) is 0 Å². The first-order valence-corrected chi connectivity index (χ1v) is 8.43. The first-order chi connectivity index (χ1) is 11.4. The fourth-order valence-electron chi connectivity index (χ4n) is 4.03. The Morgan fingerprint density at radius 2 is 1.65 bits per heavy atom. The fourth-order valence-corrected chi connectivity index (χ4v) is 4.03. The van der Waals surface area contributed by atoms with Gasteiger partial charge in [-0.3, -0.25) is 4.90 Å². The molecule has 0 amide bonds. The van der Waals surface area contributed by atoms with E-state index < -0.39 is 0 Å². The summed E-state index contributed by atoms with van der Waals surface area (Å²) in [7, 11) is 0. The van der Waals surface area contributed by atoms with E-state index in [1.807, 2.05) is 18.2 Å². The highest BCUT2D eigenvalue weighted by molar-refractivity contribution is 5.59. The van der Waals surface area contributed by atoms with Gasteiger partial charge >= 0.3 is 0 Å². The number of para-hydroxylation sites is 1. The minimum atomic E-state index is 0.583. The number of anilines is 1. The van der Waals surface area contributed by atoms with Gasteiger partial charge in [-0.05, 0) is 36.1 Å². The molecule has 2 aliphatic rings. The molecule has 1 unspecified atom stereocenters. The molecule has 3 nitrogen and oxygen atoms in total. The highest BCUT2D eigenvalue weighted by atomic mass is 15.3. The van der Waals surface area contributed by atoms with Crippen LogP contribution in [0.15, 0.2) is 48.5 Å². The second-order valence-corrected chi connectivity index (χ2v) is 6.41. The average molecular weight is 303 g/mol. The van der Waals surface area contributed by atoms with Gasteiger partial charge in [0.1, 0.15) is 6.07 Å². The van der Waals surface area contributed by atoms with E-state index in [0.29, 0.717) is 6.04 Å². The molecule has 1 aliphatic carbocycles. The summed E-state index contributed by atoms with van der Waals surface area (Å²) < 4.78 is 0. The maximum absolute atomic E-state index is 9.30. The highest BCUT2D eigenvalue weighted by Crippen LogP contribution is 2.36. The summed E-state index contributed by atoms with van der Waals surface area (Å²) in [4.78, 5) is 4.98. The lowest BCUT2D eigenvalue weighted by molar-refractivity contribution is 0.185. The number of rotatable bonds is 2. The molecule has 1 fully saturated rings. The van der Waals surface area contributed by atoms with Crippen LogP contribution in [-0.4, -0.2) is 31.1 Å². The first-order valence-electron chi connectivity index (χ1n) is 8.43. The van der Waals surface area contributed by atoms with Crippen molar-refractivity contribution in [1.29, 1.82) is 5.26 Å². The highest BCUT2D eigenvalue weighted by Gasteiger charge is 2.30. The molecule has 1 aliphatic heterocycles. The predicted octanol–water partition coefficient (Wildman–Crippen LogP) is 3.37. The van der Waals surface area contributed by atoms with E-state index in [9.17, 15) is 5.26 Å². The van der Waals surface area contributed by atoms with Gasteiger partial charge in [0, 0.05) is 32.2 Å². The normalized spacial score (nSPS) is 21.0. The topological polar surface area (TPSA) is 30.3 Å². The molecule has 0 bridgehead atoms. The second-order valence-electron chi connectivity index (χ2n) is 6.41. The van der Waals surface area contributed by atoms with Crippen LogP contribution in [0, 0.1) is 11.3 Å². The van der Waals surface area contributed by atoms with E-state index >= 15 is 0 Å². The Morgan fingerprint density at radius 3 is 2.48 bits per heavy atom. The number of hydrogen-bond donors (Lipinski definition) is 0. The Balaban J connectivity index is 1.47. The molecule has 23 heavy (non-hydrogen) atoms. The number of fused-ring (bicyclic) bond motifs is 1. The van der Waals surface area contributed by atoms with Gasteiger partial charge in [0.2, 0.25) is 0 Å². The zero-order valence-corrected chi connectivity index (χ0v) is 13.3. The molecule has 0 saturated carbocycles. The Hall–Kier alpha value is -2.31. The summed E-state index contributed by atoms with van der Waals surface area (Å²) in [5, 5.41) is 9.30. The largest absolute Gasteiger partial charge is 0.368 e. The lowest BCUT2D eigenvalue weighted by atomic mass is 10.1. The van der Waals surface area contributed by atoms with Crippen molar-refractivity contribution >= 4 is 5.69 Å². The number of aryl methyl sites for hydroxylation is 1. The van der Waals surface area contributed by atoms with Crippen LogP contribution in [0.4, 0.5) is 5.69 Å². The van der Waals surface area contributed by atoms with Crippen LogP contribution >= 0.6 is 0 Å². The van der Waals surface area contributed by atoms with Crippen molar-refractivity contribution in [2.75, 3.05) is 31.1 Å². The Morgan fingerprint density at radius 1 is 0.913 bits per heavy atom. The molecule has 1 atom stereocenters. The van der Waals surface area contributed by atoms with E-state index in [1.54, 1.807) is 0 Å². The number of hydrogen-bond acceptors (Lipinski definition) is 3. The second kappa shape index (κ2) is 6.06. The summed E-state index contributed by atoms with van der Waals surface area (Å²) in [6, 6.07) is 19.7. The van der Waals surface area contributed by atoms with Gasteiger partial charge in [-0.15, -0.1) is 0 Å². The summed E-state index contributed by atoms with van der Waals surface area (Å²) in [5.74, 6) is 0. The average Bonchev–Trinajstić information content (AvgIpc) is 3.06. The summed E-state index contributed by atoms with van der Waals surface area (Å²) in [6.07, 6.45) is 2.45. The van der Waals surface area contributed by atoms with Crippen LogP contribution in [-0.2, 0) is 6.42 Å². The molecule has 2 aromatic carbocycles. The van der Waals surface area contributed by atoms with E-state index in [1.165, 1.54) is 24.0 Å². The quantitative estimate of drug-likeness (QED) is 0.852. The van der Waals surface area contributed by atoms with Crippen molar-refractivity contribution in [1.82, 2.24) is 4.90 Å². The van der Waals surface area contributed by atoms with Gasteiger partial charge in [-0.25, -0.2) is 0 Å². The molecule has 2 aromatic rings. The Bertz CT molecular complexity index is 739. The molecule has 3 heteroatoms. The van der Waals surface area contributed by atoms with Crippen LogP contribution in [0.5, 0.6) is 0 Å². The summed E-state index contributed by atoms with van der Waals surface area (Å²) in [5.41, 5.74) is 4.92. The monoisotopic (exact) mass is 303 g/mol. The van der Waals surface area contributed by atoms with E-state index in [2.05, 4.69) is 46.2 Å². The Labute approximate surface area is 137 Å². The molecular weight excluding hydrogens is 282 g/mol. The van der Waals surface area contributed by atoms with E-state index in [4.69, 9.17) is 0 Å². The third-order valence-corrected chi connectivity index (χ3v) is 5.22. The van der Waals surface area contributed by atoms with Crippen LogP contribution in [0.25, 0.3) is 0 Å². The van der Waals surface area contributed by atoms with Gasteiger partial charge in [-0.1, -0.05) is 36.4 Å². The van der Waals surface area contributed by atoms with Gasteiger partial charge < -0.3 is 4.90 Å². The standard InChI is InChI=1S/C20H21N3/c21-15-17-6-2-4-8-19(17)22-11-13-23(14-12-22)20-10-9-16-5-1-3-7-18(16)20/h1-8,20H,9-14H2. The fraction of sp³-hybridized carbons (Fsp3) is 0.350. The van der Waals surface area contributed by atoms with Crippen LogP contribution < -0.4 is 4.90 Å². The summed E-state index contributed by atoms with van der Waals surface area (Å²) >= 11 is 0. The lowest BCUT2D eigenvalue weighted by Gasteiger charge is -2.39. The van der Waals surface area contributed by atoms with Crippen molar-refractivity contribution in [2.45, 2.75) is 18.9 Å². The van der Waals surface area contributed by atoms with Crippen LogP contribution in [0.3, 0.4) is 0 Å². The van der Waals surface area contributed by atoms with Crippen LogP contribution in [0.1, 0.15) is 29.2 Å². The molecule has 0 spiro atoms. The molecular formula is C20H21N3. The van der Waals surface area contributed by atoms with Gasteiger partial charge in [0.15, 0.2) is 0 Å². The molecule has 0 N–H and O–H groups in total. The van der Waals surface area contributed by atoms with Gasteiger partial charge in [0.05, 0.1) is 11.3 Å². The molecule has 116 valence electrons. The zero-order chi connectivity index (χ0) is 15.6. The smallest absolute Gasteiger partial charge is 0.101 e. The predicted molar refractivity (Wildman–Crippen MR) is 92.4 cm³/mol. The molecule has 1 heterocycles. The first kappa shape index (κ1) is 14.3. The lowest BCUT2D eigenvalue weighted by Crippen LogP contribution is -2.47. The SMILES string of the molecule is N#Cc1ccccc1N1CCN(C2CCc3ccccc32)CC1. The van der Waals surface area contributed by atoms with Crippen molar-refractivity contribution in [3.63, 3.8) is 0 Å². The Kier molecular flexibility index (Phi) is 3.77. The minimum absolute atomic E-state index is 0.583. The van der Waals surface area contributed by atoms with Crippen molar-refractivity contribution < 1.29 is 0 Å². The van der Waals surface area contributed by atoms with E-state index in [0.717, 1.165) is 37.4 Å². The molecule has 1 saturated heterocycles. The van der Waals surface area contributed by atoms with Crippen molar-refractivity contribution in [3.05, 3.63) is 65.2 Å². The number of nitriles is 1. The third-order valence-electron chi connectivity index (χ3n) is 5.22. The minimum Gasteiger partial charge on any atom is -0.368 e. The zero-order valence-electron chi connectivity index (χ0n) is 13.3. The molecule has 0 radical (unpaired) electrons. The number of piperazine rings is 1. The maximum Gasteiger partial charge on any atom is 0.101 e. The maximum atomic E-state index is 9.30. The molecule has 0 aromatic heterocycles. The van der Waals surface area contributed by atoms with Gasteiger partial charge in [0.25, 0.3) is 0 Å². The van der Waals surface area contributed by atoms with Gasteiger partial charge in [-0.2, -0.15) is 5.26 Å².